The summed E-state index contributed by atoms with van der Waals surface area (Å²) in [5, 5.41) is 18.0. The van der Waals surface area contributed by atoms with Gasteiger partial charge in [0.2, 0.25) is 0 Å². The number of aromatic carboxylic acids is 1. The van der Waals surface area contributed by atoms with Crippen LogP contribution < -0.4 is 4.74 Å². The summed E-state index contributed by atoms with van der Waals surface area (Å²) in [6.07, 6.45) is 1.39. The third kappa shape index (κ3) is 3.30. The van der Waals surface area contributed by atoms with Crippen LogP contribution in [0.2, 0.25) is 0 Å². The summed E-state index contributed by atoms with van der Waals surface area (Å²) in [4.78, 5) is 14.8. The Morgan fingerprint density at radius 2 is 2.00 bits per heavy atom. The van der Waals surface area contributed by atoms with Crippen LogP contribution in [0.1, 0.15) is 16.1 Å². The molecule has 0 bridgehead atoms. The third-order valence-electron chi connectivity index (χ3n) is 2.36. The summed E-state index contributed by atoms with van der Waals surface area (Å²) in [7, 11) is 0. The van der Waals surface area contributed by atoms with E-state index in [9.17, 15) is 4.79 Å². The van der Waals surface area contributed by atoms with E-state index >= 15 is 0 Å². The average molecular weight is 324 g/mol. The van der Waals surface area contributed by atoms with Gasteiger partial charge in [-0.25, -0.2) is 9.78 Å². The monoisotopic (exact) mass is 323 g/mol. The minimum Gasteiger partial charge on any atom is -0.476 e. The molecule has 0 atom stereocenters. The van der Waals surface area contributed by atoms with Crippen molar-refractivity contribution in [2.75, 3.05) is 0 Å². The molecule has 0 aliphatic carbocycles. The van der Waals surface area contributed by atoms with Crippen molar-refractivity contribution >= 4 is 21.9 Å². The maximum atomic E-state index is 11.0. The van der Waals surface area contributed by atoms with Crippen LogP contribution in [0.15, 0.2) is 41.0 Å². The summed E-state index contributed by atoms with van der Waals surface area (Å²) in [6.45, 7) is -0.0565. The topological polar surface area (TPSA) is 79.7 Å². The summed E-state index contributed by atoms with van der Waals surface area (Å²) in [6, 6.07) is 8.23. The zero-order chi connectivity index (χ0) is 13.8. The molecule has 0 spiro atoms. The van der Waals surface area contributed by atoms with E-state index in [4.69, 9.17) is 14.9 Å². The maximum absolute atomic E-state index is 11.0. The Morgan fingerprint density at radius 1 is 1.32 bits per heavy atom. The first-order valence-corrected chi connectivity index (χ1v) is 6.16. The van der Waals surface area contributed by atoms with Crippen LogP contribution in [0.5, 0.6) is 11.5 Å². The third-order valence-corrected chi connectivity index (χ3v) is 2.79. The number of benzene rings is 1. The second kappa shape index (κ2) is 5.81. The molecule has 2 aromatic rings. The molecule has 6 heteroatoms. The molecule has 0 saturated carbocycles. The van der Waals surface area contributed by atoms with E-state index in [1.807, 2.05) is 0 Å². The lowest BCUT2D eigenvalue weighted by Crippen LogP contribution is -2.03. The maximum Gasteiger partial charge on any atom is 0.358 e. The lowest BCUT2D eigenvalue weighted by atomic mass is 10.2. The molecule has 5 nitrogen and oxygen atoms in total. The van der Waals surface area contributed by atoms with Gasteiger partial charge >= 0.3 is 5.97 Å². The molecule has 0 saturated heterocycles. The summed E-state index contributed by atoms with van der Waals surface area (Å²) in [5.74, 6) is -0.535. The molecule has 19 heavy (non-hydrogen) atoms. The molecule has 1 heterocycles. The lowest BCUT2D eigenvalue weighted by Gasteiger charge is -2.08. The van der Waals surface area contributed by atoms with Crippen LogP contribution in [-0.4, -0.2) is 21.2 Å². The van der Waals surface area contributed by atoms with Crippen LogP contribution in [0.3, 0.4) is 0 Å². The number of pyridine rings is 1. The van der Waals surface area contributed by atoms with E-state index in [1.54, 1.807) is 24.3 Å². The SMILES string of the molecule is O=C(O)c1ncc(Br)cc1Oc1ccc(CO)cc1. The number of carbonyl (C=O) groups is 1. The van der Waals surface area contributed by atoms with E-state index in [0.717, 1.165) is 5.56 Å². The van der Waals surface area contributed by atoms with Crippen LogP contribution in [0.4, 0.5) is 0 Å². The van der Waals surface area contributed by atoms with Crippen molar-refractivity contribution in [3.8, 4) is 11.5 Å². The van der Waals surface area contributed by atoms with Crippen LogP contribution in [-0.2, 0) is 6.61 Å². The average Bonchev–Trinajstić information content (AvgIpc) is 2.39. The highest BCUT2D eigenvalue weighted by molar-refractivity contribution is 9.10. The molecule has 1 aromatic heterocycles. The van der Waals surface area contributed by atoms with Crippen molar-refractivity contribution in [3.63, 3.8) is 0 Å². The van der Waals surface area contributed by atoms with E-state index in [2.05, 4.69) is 20.9 Å². The van der Waals surface area contributed by atoms with Crippen molar-refractivity contribution in [1.29, 1.82) is 0 Å². The van der Waals surface area contributed by atoms with Crippen LogP contribution >= 0.6 is 15.9 Å². The second-order valence-electron chi connectivity index (χ2n) is 3.71. The number of carboxylic acids is 1. The Kier molecular flexibility index (Phi) is 4.13. The van der Waals surface area contributed by atoms with Crippen LogP contribution in [0.25, 0.3) is 0 Å². The fourth-order valence-corrected chi connectivity index (χ4v) is 1.76. The highest BCUT2D eigenvalue weighted by atomic mass is 79.9. The molecule has 0 unspecified atom stereocenters. The molecule has 2 N–H and O–H groups in total. The molecule has 0 aliphatic rings. The fraction of sp³-hybridized carbons (Fsp3) is 0.0769. The Labute approximate surface area is 117 Å². The molecular formula is C13H10BrNO4. The van der Waals surface area contributed by atoms with Gasteiger partial charge in [0.15, 0.2) is 11.4 Å². The number of hydrogen-bond acceptors (Lipinski definition) is 4. The van der Waals surface area contributed by atoms with Gasteiger partial charge in [0, 0.05) is 10.7 Å². The molecular weight excluding hydrogens is 314 g/mol. The van der Waals surface area contributed by atoms with E-state index in [1.165, 1.54) is 12.3 Å². The lowest BCUT2D eigenvalue weighted by molar-refractivity contribution is 0.0687. The minimum atomic E-state index is -1.16. The fourth-order valence-electron chi connectivity index (χ4n) is 1.45. The van der Waals surface area contributed by atoms with Gasteiger partial charge in [0.1, 0.15) is 5.75 Å². The number of ether oxygens (including phenoxy) is 1. The van der Waals surface area contributed by atoms with Gasteiger partial charge in [-0.3, -0.25) is 0 Å². The quantitative estimate of drug-likeness (QED) is 0.904. The van der Waals surface area contributed by atoms with Gasteiger partial charge in [-0.1, -0.05) is 12.1 Å². The number of aliphatic hydroxyl groups excluding tert-OH is 1. The summed E-state index contributed by atoms with van der Waals surface area (Å²) < 4.78 is 6.12. The molecule has 1 aromatic carbocycles. The normalized spacial score (nSPS) is 10.2. The Bertz CT molecular complexity index is 598. The van der Waals surface area contributed by atoms with Crippen molar-refractivity contribution in [1.82, 2.24) is 4.98 Å². The zero-order valence-corrected chi connectivity index (χ0v) is 11.3. The molecule has 0 fully saturated rings. The molecule has 0 radical (unpaired) electrons. The second-order valence-corrected chi connectivity index (χ2v) is 4.63. The molecule has 2 rings (SSSR count). The van der Waals surface area contributed by atoms with E-state index in [-0.39, 0.29) is 18.1 Å². The Balaban J connectivity index is 2.31. The zero-order valence-electron chi connectivity index (χ0n) is 9.71. The summed E-state index contributed by atoms with van der Waals surface area (Å²) >= 11 is 3.21. The largest absolute Gasteiger partial charge is 0.476 e. The van der Waals surface area contributed by atoms with Gasteiger partial charge in [0.25, 0.3) is 0 Å². The Hall–Kier alpha value is -1.92. The van der Waals surface area contributed by atoms with Gasteiger partial charge in [-0.2, -0.15) is 0 Å². The first-order chi connectivity index (χ1) is 9.10. The van der Waals surface area contributed by atoms with Gasteiger partial charge in [0.05, 0.1) is 6.61 Å². The molecule has 0 aliphatic heterocycles. The summed E-state index contributed by atoms with van der Waals surface area (Å²) in [5.41, 5.74) is 0.590. The number of hydrogen-bond donors (Lipinski definition) is 2. The molecule has 98 valence electrons. The highest BCUT2D eigenvalue weighted by Crippen LogP contribution is 2.27. The van der Waals surface area contributed by atoms with Gasteiger partial charge < -0.3 is 14.9 Å². The van der Waals surface area contributed by atoms with Crippen LogP contribution in [0, 0.1) is 0 Å². The van der Waals surface area contributed by atoms with Crippen molar-refractivity contribution in [2.45, 2.75) is 6.61 Å². The standard InChI is InChI=1S/C13H10BrNO4/c14-9-5-11(12(13(17)18)15-6-9)19-10-3-1-8(7-16)2-4-10/h1-6,16H,7H2,(H,17,18). The number of nitrogens with zero attached hydrogens (tertiary/aromatic N) is 1. The first-order valence-electron chi connectivity index (χ1n) is 5.36. The van der Waals surface area contributed by atoms with Crippen molar-refractivity contribution < 1.29 is 19.7 Å². The van der Waals surface area contributed by atoms with E-state index in [0.29, 0.717) is 10.2 Å². The van der Waals surface area contributed by atoms with Gasteiger partial charge in [-0.15, -0.1) is 0 Å². The number of aromatic nitrogens is 1. The predicted molar refractivity (Wildman–Crippen MR) is 71.3 cm³/mol. The van der Waals surface area contributed by atoms with Crippen molar-refractivity contribution in [2.24, 2.45) is 0 Å². The van der Waals surface area contributed by atoms with Crippen molar-refractivity contribution in [3.05, 3.63) is 52.3 Å². The van der Waals surface area contributed by atoms with E-state index < -0.39 is 5.97 Å². The highest BCUT2D eigenvalue weighted by Gasteiger charge is 2.14. The number of carboxylic acid groups (broad SMARTS) is 1. The minimum absolute atomic E-state index is 0.0565. The number of rotatable bonds is 4. The van der Waals surface area contributed by atoms with Gasteiger partial charge in [-0.05, 0) is 39.7 Å². The predicted octanol–water partition coefficient (Wildman–Crippen LogP) is 2.83. The number of halogens is 1. The number of aliphatic hydroxyl groups is 1. The molecule has 0 amide bonds. The first kappa shape index (κ1) is 13.5. The smallest absolute Gasteiger partial charge is 0.358 e. The Morgan fingerprint density at radius 3 is 2.58 bits per heavy atom.